The summed E-state index contributed by atoms with van der Waals surface area (Å²) in [6.45, 7) is 6.30. The average molecular weight is 413 g/mol. The Hall–Kier alpha value is -2.84. The molecule has 1 aliphatic rings. The molecule has 0 spiro atoms. The molecule has 3 aromatic rings. The first-order chi connectivity index (χ1) is 14.0. The monoisotopic (exact) mass is 412 g/mol. The van der Waals surface area contributed by atoms with E-state index < -0.39 is 10.0 Å². The summed E-state index contributed by atoms with van der Waals surface area (Å²) in [4.78, 5) is 9.24. The lowest BCUT2D eigenvalue weighted by Gasteiger charge is -2.35. The van der Waals surface area contributed by atoms with E-state index >= 15 is 0 Å². The molecule has 4 rings (SSSR count). The average Bonchev–Trinajstić information content (AvgIpc) is 3.22. The number of nitrogens with zero attached hydrogens (tertiary/aromatic N) is 3. The number of rotatable bonds is 6. The molecule has 1 aliphatic heterocycles. The van der Waals surface area contributed by atoms with Gasteiger partial charge in [-0.25, -0.2) is 13.4 Å². The Kier molecular flexibility index (Phi) is 5.55. The number of sulfonamides is 1. The van der Waals surface area contributed by atoms with Crippen LogP contribution in [0.4, 0.5) is 11.5 Å². The minimum atomic E-state index is -3.62. The lowest BCUT2D eigenvalue weighted by molar-refractivity contribution is 0.230. The van der Waals surface area contributed by atoms with E-state index in [0.29, 0.717) is 5.69 Å². The molecule has 8 heteroatoms. The van der Waals surface area contributed by atoms with Crippen molar-refractivity contribution in [3.8, 4) is 0 Å². The van der Waals surface area contributed by atoms with Crippen LogP contribution in [0.2, 0.25) is 0 Å². The molecular weight excluding hydrogens is 388 g/mol. The van der Waals surface area contributed by atoms with Crippen LogP contribution in [0, 0.1) is 6.92 Å². The number of aryl methyl sites for hydroxylation is 1. The fourth-order valence-corrected chi connectivity index (χ4v) is 4.37. The Morgan fingerprint density at radius 2 is 1.79 bits per heavy atom. The number of anilines is 2. The van der Waals surface area contributed by atoms with Gasteiger partial charge >= 0.3 is 0 Å². The molecule has 3 heterocycles. The number of pyridine rings is 1. The second-order valence-corrected chi connectivity index (χ2v) is 8.85. The first kappa shape index (κ1) is 19.5. The van der Waals surface area contributed by atoms with Gasteiger partial charge in [0.1, 0.15) is 11.6 Å². The first-order valence-corrected chi connectivity index (χ1v) is 11.0. The van der Waals surface area contributed by atoms with Gasteiger partial charge in [-0.15, -0.1) is 0 Å². The third kappa shape index (κ3) is 4.78. The number of hydrogen-bond acceptors (Lipinski definition) is 6. The van der Waals surface area contributed by atoms with Gasteiger partial charge in [-0.3, -0.25) is 9.62 Å². The molecule has 1 N–H and O–H groups in total. The SMILES string of the molecule is Cc1ccc(S(=O)(=O)Nc2ccc(N3CCN(Cc4ccco4)CC3)nc2)cc1. The van der Waals surface area contributed by atoms with Crippen LogP contribution in [-0.4, -0.2) is 44.5 Å². The van der Waals surface area contributed by atoms with Crippen LogP contribution >= 0.6 is 0 Å². The minimum absolute atomic E-state index is 0.236. The van der Waals surface area contributed by atoms with Crippen molar-refractivity contribution in [3.63, 3.8) is 0 Å². The molecule has 0 saturated carbocycles. The van der Waals surface area contributed by atoms with Gasteiger partial charge in [-0.05, 0) is 43.3 Å². The smallest absolute Gasteiger partial charge is 0.261 e. The van der Waals surface area contributed by atoms with Crippen LogP contribution in [-0.2, 0) is 16.6 Å². The molecule has 0 amide bonds. The summed E-state index contributed by atoms with van der Waals surface area (Å²) in [6, 6.07) is 14.3. The highest BCUT2D eigenvalue weighted by molar-refractivity contribution is 7.92. The molecule has 2 aromatic heterocycles. The van der Waals surface area contributed by atoms with Gasteiger partial charge in [0.05, 0.1) is 29.6 Å². The highest BCUT2D eigenvalue weighted by Gasteiger charge is 2.19. The molecule has 29 heavy (non-hydrogen) atoms. The molecule has 0 radical (unpaired) electrons. The third-order valence-corrected chi connectivity index (χ3v) is 6.38. The highest BCUT2D eigenvalue weighted by Crippen LogP contribution is 2.20. The van der Waals surface area contributed by atoms with Crippen LogP contribution in [0.1, 0.15) is 11.3 Å². The standard InChI is InChI=1S/C21H24N4O3S/c1-17-4-7-20(8-5-17)29(26,27)23-18-6-9-21(22-15-18)25-12-10-24(11-13-25)16-19-3-2-14-28-19/h2-9,14-15,23H,10-13,16H2,1H3. The van der Waals surface area contributed by atoms with E-state index in [9.17, 15) is 8.42 Å². The van der Waals surface area contributed by atoms with Crippen molar-refractivity contribution in [3.05, 3.63) is 72.3 Å². The summed E-state index contributed by atoms with van der Waals surface area (Å²) in [5.41, 5.74) is 1.46. The van der Waals surface area contributed by atoms with Crippen LogP contribution in [0.15, 0.2) is 70.3 Å². The van der Waals surface area contributed by atoms with Gasteiger partial charge in [-0.1, -0.05) is 17.7 Å². The number of nitrogens with one attached hydrogen (secondary N) is 1. The van der Waals surface area contributed by atoms with Gasteiger partial charge in [0.25, 0.3) is 10.0 Å². The van der Waals surface area contributed by atoms with Crippen molar-refractivity contribution in [2.24, 2.45) is 0 Å². The molecule has 1 fully saturated rings. The maximum absolute atomic E-state index is 12.5. The van der Waals surface area contributed by atoms with E-state index in [0.717, 1.165) is 49.9 Å². The molecule has 0 unspecified atom stereocenters. The second-order valence-electron chi connectivity index (χ2n) is 7.17. The van der Waals surface area contributed by atoms with Crippen molar-refractivity contribution in [2.75, 3.05) is 35.8 Å². The summed E-state index contributed by atoms with van der Waals surface area (Å²) in [5.74, 6) is 1.82. The fourth-order valence-electron chi connectivity index (χ4n) is 3.32. The molecular formula is C21H24N4O3S. The van der Waals surface area contributed by atoms with Crippen molar-refractivity contribution in [1.29, 1.82) is 0 Å². The highest BCUT2D eigenvalue weighted by atomic mass is 32.2. The lowest BCUT2D eigenvalue weighted by Crippen LogP contribution is -2.46. The van der Waals surface area contributed by atoms with E-state index in [1.807, 2.05) is 25.1 Å². The van der Waals surface area contributed by atoms with Gasteiger partial charge in [-0.2, -0.15) is 0 Å². The second kappa shape index (κ2) is 8.26. The van der Waals surface area contributed by atoms with Crippen LogP contribution in [0.25, 0.3) is 0 Å². The number of piperazine rings is 1. The Bertz CT molecular complexity index is 1020. The van der Waals surface area contributed by atoms with Crippen molar-refractivity contribution >= 4 is 21.5 Å². The Morgan fingerprint density at radius 1 is 1.03 bits per heavy atom. The number of aromatic nitrogens is 1. The molecule has 1 aromatic carbocycles. The maximum Gasteiger partial charge on any atom is 0.261 e. The predicted octanol–water partition coefficient (Wildman–Crippen LogP) is 3.11. The topological polar surface area (TPSA) is 78.7 Å². The predicted molar refractivity (Wildman–Crippen MR) is 112 cm³/mol. The summed E-state index contributed by atoms with van der Waals surface area (Å²) >= 11 is 0. The number of furan rings is 1. The largest absolute Gasteiger partial charge is 0.468 e. The Balaban J connectivity index is 1.35. The van der Waals surface area contributed by atoms with Crippen molar-refractivity contribution in [1.82, 2.24) is 9.88 Å². The molecule has 0 bridgehead atoms. The van der Waals surface area contributed by atoms with E-state index in [2.05, 4.69) is 19.5 Å². The fraction of sp³-hybridized carbons (Fsp3) is 0.286. The van der Waals surface area contributed by atoms with Crippen LogP contribution < -0.4 is 9.62 Å². The molecule has 1 saturated heterocycles. The van der Waals surface area contributed by atoms with Gasteiger partial charge in [0.15, 0.2) is 0 Å². The van der Waals surface area contributed by atoms with Gasteiger partial charge in [0, 0.05) is 26.2 Å². The van der Waals surface area contributed by atoms with Crippen LogP contribution in [0.3, 0.4) is 0 Å². The lowest BCUT2D eigenvalue weighted by atomic mass is 10.2. The summed E-state index contributed by atoms with van der Waals surface area (Å²) < 4.78 is 33.0. The van der Waals surface area contributed by atoms with Gasteiger partial charge in [0.2, 0.25) is 0 Å². The van der Waals surface area contributed by atoms with E-state index in [-0.39, 0.29) is 4.90 Å². The third-order valence-electron chi connectivity index (χ3n) is 4.99. The summed E-state index contributed by atoms with van der Waals surface area (Å²) in [5, 5.41) is 0. The Morgan fingerprint density at radius 3 is 2.41 bits per heavy atom. The molecule has 152 valence electrons. The van der Waals surface area contributed by atoms with Crippen molar-refractivity contribution in [2.45, 2.75) is 18.4 Å². The quantitative estimate of drug-likeness (QED) is 0.670. The molecule has 0 atom stereocenters. The zero-order valence-corrected chi connectivity index (χ0v) is 17.1. The normalized spacial score (nSPS) is 15.4. The van der Waals surface area contributed by atoms with Crippen LogP contribution in [0.5, 0.6) is 0 Å². The van der Waals surface area contributed by atoms with Crippen molar-refractivity contribution < 1.29 is 12.8 Å². The maximum atomic E-state index is 12.5. The van der Waals surface area contributed by atoms with E-state index in [4.69, 9.17) is 4.42 Å². The zero-order valence-electron chi connectivity index (χ0n) is 16.3. The Labute approximate surface area is 171 Å². The van der Waals surface area contributed by atoms with Gasteiger partial charge < -0.3 is 9.32 Å². The number of benzene rings is 1. The first-order valence-electron chi connectivity index (χ1n) is 9.55. The van der Waals surface area contributed by atoms with E-state index in [1.165, 1.54) is 0 Å². The summed E-state index contributed by atoms with van der Waals surface area (Å²) in [7, 11) is -3.62. The minimum Gasteiger partial charge on any atom is -0.468 e. The molecule has 0 aliphatic carbocycles. The zero-order chi connectivity index (χ0) is 20.3. The summed E-state index contributed by atoms with van der Waals surface area (Å²) in [6.07, 6.45) is 3.26. The van der Waals surface area contributed by atoms with E-state index in [1.54, 1.807) is 42.8 Å². The molecule has 7 nitrogen and oxygen atoms in total. The number of hydrogen-bond donors (Lipinski definition) is 1.